The van der Waals surface area contributed by atoms with Crippen molar-refractivity contribution in [1.29, 1.82) is 0 Å². The van der Waals surface area contributed by atoms with Crippen LogP contribution in [0.4, 0.5) is 5.82 Å². The summed E-state index contributed by atoms with van der Waals surface area (Å²) in [5.74, 6) is -1.07. The normalized spacial score (nSPS) is 14.9. The number of anilines is 1. The highest BCUT2D eigenvalue weighted by Crippen LogP contribution is 2.29. The maximum Gasteiger partial charge on any atom is 0.314 e. The molecule has 24 heavy (non-hydrogen) atoms. The van der Waals surface area contributed by atoms with E-state index in [1.807, 2.05) is 0 Å². The fourth-order valence-corrected chi connectivity index (χ4v) is 2.79. The average Bonchev–Trinajstić information content (AvgIpc) is 3.03. The molecule has 1 aromatic heterocycles. The van der Waals surface area contributed by atoms with Crippen molar-refractivity contribution < 1.29 is 14.4 Å². The average molecular weight is 335 g/mol. The Balaban J connectivity index is 1.84. The first-order valence-corrected chi connectivity index (χ1v) is 8.32. The minimum absolute atomic E-state index is 0.105. The van der Waals surface area contributed by atoms with Crippen LogP contribution in [-0.2, 0) is 14.4 Å². The number of amides is 3. The van der Waals surface area contributed by atoms with Crippen molar-refractivity contribution in [2.24, 2.45) is 0 Å². The molecule has 0 aliphatic heterocycles. The first-order valence-electron chi connectivity index (χ1n) is 8.32. The van der Waals surface area contributed by atoms with Gasteiger partial charge in [0.05, 0.1) is 12.2 Å². The Morgan fingerprint density at radius 3 is 2.58 bits per heavy atom. The fourth-order valence-electron chi connectivity index (χ4n) is 2.79. The molecule has 0 atom stereocenters. The number of carbonyl (C=O) groups is 3. The SMILES string of the molecule is CN(C)C(=O)CCNC(=O)C(=O)Nc1ccnn1C1CCCCC1. The molecule has 1 aliphatic rings. The number of nitrogens with zero attached hydrogens (tertiary/aromatic N) is 3. The molecule has 0 unspecified atom stereocenters. The van der Waals surface area contributed by atoms with Gasteiger partial charge in [-0.15, -0.1) is 0 Å². The van der Waals surface area contributed by atoms with Crippen molar-refractivity contribution in [1.82, 2.24) is 20.0 Å². The van der Waals surface area contributed by atoms with Gasteiger partial charge in [0.1, 0.15) is 5.82 Å². The fraction of sp³-hybridized carbons (Fsp3) is 0.625. The molecule has 1 aliphatic carbocycles. The van der Waals surface area contributed by atoms with E-state index in [-0.39, 0.29) is 24.9 Å². The van der Waals surface area contributed by atoms with Crippen molar-refractivity contribution in [2.75, 3.05) is 26.0 Å². The number of carbonyl (C=O) groups excluding carboxylic acids is 3. The summed E-state index contributed by atoms with van der Waals surface area (Å²) in [5, 5.41) is 9.33. The largest absolute Gasteiger partial charge is 0.349 e. The molecule has 0 spiro atoms. The molecule has 8 nitrogen and oxygen atoms in total. The Labute approximate surface area is 141 Å². The molecular formula is C16H25N5O3. The van der Waals surface area contributed by atoms with Crippen LogP contribution in [0.1, 0.15) is 44.6 Å². The standard InChI is InChI=1S/C16H25N5O3/c1-20(2)14(22)9-10-17-15(23)16(24)19-13-8-11-18-21(13)12-6-4-3-5-7-12/h8,11-12H,3-7,9-10H2,1-2H3,(H,17,23)(H,19,24). The third-order valence-corrected chi connectivity index (χ3v) is 4.16. The van der Waals surface area contributed by atoms with Crippen LogP contribution in [0.25, 0.3) is 0 Å². The molecule has 2 rings (SSSR count). The summed E-state index contributed by atoms with van der Waals surface area (Å²) in [4.78, 5) is 36.7. The molecule has 8 heteroatoms. The highest BCUT2D eigenvalue weighted by Gasteiger charge is 2.21. The lowest BCUT2D eigenvalue weighted by Crippen LogP contribution is -2.38. The molecule has 1 saturated carbocycles. The van der Waals surface area contributed by atoms with Crippen LogP contribution in [0, 0.1) is 0 Å². The van der Waals surface area contributed by atoms with Gasteiger partial charge >= 0.3 is 11.8 Å². The third kappa shape index (κ3) is 4.81. The van der Waals surface area contributed by atoms with Gasteiger partial charge in [0.25, 0.3) is 0 Å². The summed E-state index contributed by atoms with van der Waals surface area (Å²) in [6, 6.07) is 1.96. The Morgan fingerprint density at radius 1 is 1.21 bits per heavy atom. The van der Waals surface area contributed by atoms with Crippen molar-refractivity contribution >= 4 is 23.5 Å². The molecule has 3 amide bonds. The lowest BCUT2D eigenvalue weighted by atomic mass is 9.96. The monoisotopic (exact) mass is 335 g/mol. The van der Waals surface area contributed by atoms with Crippen molar-refractivity contribution in [3.05, 3.63) is 12.3 Å². The summed E-state index contributed by atoms with van der Waals surface area (Å²) < 4.78 is 1.79. The van der Waals surface area contributed by atoms with Gasteiger partial charge < -0.3 is 15.5 Å². The van der Waals surface area contributed by atoms with E-state index >= 15 is 0 Å². The molecule has 132 valence electrons. The number of hydrogen-bond donors (Lipinski definition) is 2. The van der Waals surface area contributed by atoms with Crippen LogP contribution in [0.5, 0.6) is 0 Å². The van der Waals surface area contributed by atoms with Gasteiger partial charge in [-0.2, -0.15) is 5.10 Å². The minimum Gasteiger partial charge on any atom is -0.349 e. The zero-order chi connectivity index (χ0) is 17.5. The lowest BCUT2D eigenvalue weighted by Gasteiger charge is -2.23. The van der Waals surface area contributed by atoms with E-state index in [9.17, 15) is 14.4 Å². The second kappa shape index (κ2) is 8.47. The molecule has 0 aromatic carbocycles. The summed E-state index contributed by atoms with van der Waals surface area (Å²) in [6.07, 6.45) is 7.38. The first kappa shape index (κ1) is 18.0. The van der Waals surface area contributed by atoms with E-state index in [0.29, 0.717) is 5.82 Å². The van der Waals surface area contributed by atoms with E-state index in [4.69, 9.17) is 0 Å². The molecule has 1 heterocycles. The van der Waals surface area contributed by atoms with Crippen molar-refractivity contribution in [2.45, 2.75) is 44.6 Å². The molecule has 0 radical (unpaired) electrons. The summed E-state index contributed by atoms with van der Waals surface area (Å²) in [5.41, 5.74) is 0. The summed E-state index contributed by atoms with van der Waals surface area (Å²) in [7, 11) is 3.28. The molecule has 1 fully saturated rings. The van der Waals surface area contributed by atoms with Crippen molar-refractivity contribution in [3.63, 3.8) is 0 Å². The van der Waals surface area contributed by atoms with Crippen LogP contribution in [0.3, 0.4) is 0 Å². The number of aromatic nitrogens is 2. The molecule has 0 bridgehead atoms. The quantitative estimate of drug-likeness (QED) is 0.782. The highest BCUT2D eigenvalue weighted by molar-refractivity contribution is 6.39. The van der Waals surface area contributed by atoms with Gasteiger partial charge in [0.15, 0.2) is 0 Å². The predicted molar refractivity (Wildman–Crippen MR) is 89.3 cm³/mol. The van der Waals surface area contributed by atoms with Crippen LogP contribution in [0.15, 0.2) is 12.3 Å². The van der Waals surface area contributed by atoms with Gasteiger partial charge in [-0.1, -0.05) is 19.3 Å². The van der Waals surface area contributed by atoms with Gasteiger partial charge in [-0.05, 0) is 12.8 Å². The zero-order valence-corrected chi connectivity index (χ0v) is 14.2. The van der Waals surface area contributed by atoms with E-state index < -0.39 is 11.8 Å². The van der Waals surface area contributed by atoms with E-state index in [1.165, 1.54) is 11.3 Å². The Kier molecular flexibility index (Phi) is 6.34. The number of rotatable bonds is 5. The van der Waals surface area contributed by atoms with Crippen LogP contribution >= 0.6 is 0 Å². The number of nitrogens with one attached hydrogen (secondary N) is 2. The Bertz CT molecular complexity index is 590. The zero-order valence-electron chi connectivity index (χ0n) is 14.2. The Morgan fingerprint density at radius 2 is 1.92 bits per heavy atom. The predicted octanol–water partition coefficient (Wildman–Crippen LogP) is 0.921. The van der Waals surface area contributed by atoms with E-state index in [0.717, 1.165) is 25.7 Å². The summed E-state index contributed by atoms with van der Waals surface area (Å²) >= 11 is 0. The second-order valence-corrected chi connectivity index (χ2v) is 6.20. The molecule has 0 saturated heterocycles. The van der Waals surface area contributed by atoms with Crippen LogP contribution < -0.4 is 10.6 Å². The Hall–Kier alpha value is -2.38. The summed E-state index contributed by atoms with van der Waals surface area (Å²) in [6.45, 7) is 0.130. The third-order valence-electron chi connectivity index (χ3n) is 4.16. The van der Waals surface area contributed by atoms with E-state index in [2.05, 4.69) is 15.7 Å². The minimum atomic E-state index is -0.752. The second-order valence-electron chi connectivity index (χ2n) is 6.20. The van der Waals surface area contributed by atoms with Gasteiger partial charge in [0, 0.05) is 33.1 Å². The molecule has 1 aromatic rings. The van der Waals surface area contributed by atoms with Crippen LogP contribution in [-0.4, -0.2) is 53.0 Å². The number of hydrogen-bond acceptors (Lipinski definition) is 4. The highest BCUT2D eigenvalue weighted by atomic mass is 16.2. The molecule has 2 N–H and O–H groups in total. The smallest absolute Gasteiger partial charge is 0.314 e. The topological polar surface area (TPSA) is 96.3 Å². The molecular weight excluding hydrogens is 310 g/mol. The lowest BCUT2D eigenvalue weighted by molar-refractivity contribution is -0.136. The van der Waals surface area contributed by atoms with Gasteiger partial charge in [-0.25, -0.2) is 4.68 Å². The van der Waals surface area contributed by atoms with Crippen LogP contribution in [0.2, 0.25) is 0 Å². The van der Waals surface area contributed by atoms with E-state index in [1.54, 1.807) is 31.0 Å². The first-order chi connectivity index (χ1) is 11.5. The van der Waals surface area contributed by atoms with Gasteiger partial charge in [-0.3, -0.25) is 14.4 Å². The maximum absolute atomic E-state index is 12.0. The van der Waals surface area contributed by atoms with Gasteiger partial charge in [0.2, 0.25) is 5.91 Å². The van der Waals surface area contributed by atoms with Crippen molar-refractivity contribution in [3.8, 4) is 0 Å². The maximum atomic E-state index is 12.0.